The van der Waals surface area contributed by atoms with Gasteiger partial charge in [0.25, 0.3) is 0 Å². The van der Waals surface area contributed by atoms with Gasteiger partial charge >= 0.3 is 0 Å². The Morgan fingerprint density at radius 3 is 2.61 bits per heavy atom. The monoisotopic (exact) mass is 378 g/mol. The maximum absolute atomic E-state index is 11.9. The molecule has 0 atom stereocenters. The molecular weight excluding hydrogens is 360 g/mol. The molecule has 0 spiro atoms. The van der Waals surface area contributed by atoms with Crippen LogP contribution >= 0.6 is 15.9 Å². The van der Waals surface area contributed by atoms with Gasteiger partial charge in [-0.1, -0.05) is 0 Å². The van der Waals surface area contributed by atoms with Crippen LogP contribution < -0.4 is 14.8 Å². The Morgan fingerprint density at radius 2 is 1.96 bits per heavy atom. The van der Waals surface area contributed by atoms with Crippen LogP contribution in [0.2, 0.25) is 0 Å². The predicted octanol–water partition coefficient (Wildman–Crippen LogP) is 3.96. The Hall–Kier alpha value is -2.08. The van der Waals surface area contributed by atoms with E-state index < -0.39 is 0 Å². The zero-order valence-corrected chi connectivity index (χ0v) is 14.7. The van der Waals surface area contributed by atoms with Crippen molar-refractivity contribution in [2.45, 2.75) is 19.8 Å². The molecule has 0 saturated heterocycles. The Bertz CT molecular complexity index is 659. The standard InChI is InChI=1S/C17H19BrN2O3/c1-12-10-16(19-11-15(12)18)20-17(21)4-3-9-23-14-7-5-13(22-2)6-8-14/h5-8,10-11H,3-4,9H2,1-2H3,(H,19,20,21). The van der Waals surface area contributed by atoms with Crippen LogP contribution in [-0.4, -0.2) is 24.6 Å². The fourth-order valence-corrected chi connectivity index (χ4v) is 2.12. The summed E-state index contributed by atoms with van der Waals surface area (Å²) in [6, 6.07) is 9.18. The summed E-state index contributed by atoms with van der Waals surface area (Å²) in [7, 11) is 1.62. The van der Waals surface area contributed by atoms with Gasteiger partial charge in [-0.15, -0.1) is 0 Å². The summed E-state index contributed by atoms with van der Waals surface area (Å²) in [5, 5.41) is 2.78. The van der Waals surface area contributed by atoms with E-state index >= 15 is 0 Å². The number of carbonyl (C=O) groups excluding carboxylic acids is 1. The quantitative estimate of drug-likeness (QED) is 0.740. The number of aromatic nitrogens is 1. The summed E-state index contributed by atoms with van der Waals surface area (Å²) in [5.74, 6) is 2.04. The van der Waals surface area contributed by atoms with Crippen molar-refractivity contribution in [3.05, 3.63) is 46.6 Å². The highest BCUT2D eigenvalue weighted by atomic mass is 79.9. The number of hydrogen-bond donors (Lipinski definition) is 1. The van der Waals surface area contributed by atoms with E-state index in [2.05, 4.69) is 26.2 Å². The van der Waals surface area contributed by atoms with Crippen molar-refractivity contribution in [1.82, 2.24) is 4.98 Å². The molecule has 122 valence electrons. The molecule has 2 aromatic rings. The van der Waals surface area contributed by atoms with Crippen molar-refractivity contribution in [3.63, 3.8) is 0 Å². The van der Waals surface area contributed by atoms with E-state index in [1.807, 2.05) is 37.3 Å². The molecule has 0 aliphatic heterocycles. The number of carbonyl (C=O) groups is 1. The highest BCUT2D eigenvalue weighted by molar-refractivity contribution is 9.10. The van der Waals surface area contributed by atoms with Crippen LogP contribution in [0.25, 0.3) is 0 Å². The molecule has 1 aromatic heterocycles. The van der Waals surface area contributed by atoms with Gasteiger partial charge in [0.2, 0.25) is 5.91 Å². The third-order valence-corrected chi connectivity index (χ3v) is 4.02. The first-order chi connectivity index (χ1) is 11.1. The van der Waals surface area contributed by atoms with E-state index in [1.165, 1.54) is 0 Å². The number of aryl methyl sites for hydroxylation is 1. The lowest BCUT2D eigenvalue weighted by molar-refractivity contribution is -0.116. The van der Waals surface area contributed by atoms with Gasteiger partial charge in [-0.3, -0.25) is 4.79 Å². The normalized spacial score (nSPS) is 10.2. The minimum atomic E-state index is -0.0717. The lowest BCUT2D eigenvalue weighted by Crippen LogP contribution is -2.13. The number of anilines is 1. The number of benzene rings is 1. The molecule has 0 fully saturated rings. The van der Waals surface area contributed by atoms with Gasteiger partial charge in [0, 0.05) is 17.1 Å². The molecule has 1 heterocycles. The minimum Gasteiger partial charge on any atom is -0.497 e. The molecule has 1 amide bonds. The molecular formula is C17H19BrN2O3. The van der Waals surface area contributed by atoms with E-state index in [-0.39, 0.29) is 5.91 Å². The molecule has 6 heteroatoms. The van der Waals surface area contributed by atoms with Crippen LogP contribution in [0.5, 0.6) is 11.5 Å². The average molecular weight is 379 g/mol. The van der Waals surface area contributed by atoms with Crippen LogP contribution in [-0.2, 0) is 4.79 Å². The van der Waals surface area contributed by atoms with E-state index in [1.54, 1.807) is 13.3 Å². The molecule has 0 saturated carbocycles. The number of rotatable bonds is 7. The molecule has 1 N–H and O–H groups in total. The summed E-state index contributed by atoms with van der Waals surface area (Å²) in [6.45, 7) is 2.43. The maximum atomic E-state index is 11.9. The molecule has 0 bridgehead atoms. The van der Waals surface area contributed by atoms with Gasteiger partial charge in [0.15, 0.2) is 0 Å². The summed E-state index contributed by atoms with van der Waals surface area (Å²) in [4.78, 5) is 16.0. The summed E-state index contributed by atoms with van der Waals surface area (Å²) in [5.41, 5.74) is 1.03. The van der Waals surface area contributed by atoms with Crippen LogP contribution in [0.4, 0.5) is 5.82 Å². The first-order valence-corrected chi connectivity index (χ1v) is 8.06. The van der Waals surface area contributed by atoms with Gasteiger partial charge in [-0.2, -0.15) is 0 Å². The van der Waals surface area contributed by atoms with Gasteiger partial charge in [0.05, 0.1) is 13.7 Å². The first-order valence-electron chi connectivity index (χ1n) is 7.27. The number of methoxy groups -OCH3 is 1. The number of ether oxygens (including phenoxy) is 2. The van der Waals surface area contributed by atoms with Crippen molar-refractivity contribution in [3.8, 4) is 11.5 Å². The Balaban J connectivity index is 1.70. The van der Waals surface area contributed by atoms with Crippen LogP contribution in [0.3, 0.4) is 0 Å². The summed E-state index contributed by atoms with van der Waals surface area (Å²) in [6.07, 6.45) is 2.69. The molecule has 0 radical (unpaired) electrons. The predicted molar refractivity (Wildman–Crippen MR) is 93.0 cm³/mol. The molecule has 5 nitrogen and oxygen atoms in total. The van der Waals surface area contributed by atoms with Gasteiger partial charge in [-0.05, 0) is 65.2 Å². The van der Waals surface area contributed by atoms with Crippen LogP contribution in [0.15, 0.2) is 41.0 Å². The van der Waals surface area contributed by atoms with Crippen molar-refractivity contribution < 1.29 is 14.3 Å². The van der Waals surface area contributed by atoms with Crippen molar-refractivity contribution in [2.24, 2.45) is 0 Å². The van der Waals surface area contributed by atoms with E-state index in [0.717, 1.165) is 21.5 Å². The first kappa shape index (κ1) is 17.3. The second-order valence-corrected chi connectivity index (χ2v) is 5.85. The maximum Gasteiger partial charge on any atom is 0.225 e. The van der Waals surface area contributed by atoms with Gasteiger partial charge < -0.3 is 14.8 Å². The molecule has 0 unspecified atom stereocenters. The van der Waals surface area contributed by atoms with E-state index in [4.69, 9.17) is 9.47 Å². The molecule has 2 rings (SSSR count). The lowest BCUT2D eigenvalue weighted by atomic mass is 10.2. The number of pyridine rings is 1. The Labute approximate surface area is 144 Å². The van der Waals surface area contributed by atoms with E-state index in [0.29, 0.717) is 25.3 Å². The highest BCUT2D eigenvalue weighted by Crippen LogP contribution is 2.18. The zero-order chi connectivity index (χ0) is 16.7. The largest absolute Gasteiger partial charge is 0.497 e. The van der Waals surface area contributed by atoms with Crippen LogP contribution in [0.1, 0.15) is 18.4 Å². The third-order valence-electron chi connectivity index (χ3n) is 3.19. The fourth-order valence-electron chi connectivity index (χ4n) is 1.91. The third kappa shape index (κ3) is 5.56. The van der Waals surface area contributed by atoms with Crippen molar-refractivity contribution in [1.29, 1.82) is 0 Å². The highest BCUT2D eigenvalue weighted by Gasteiger charge is 2.05. The second kappa shape index (κ2) is 8.53. The fraction of sp³-hybridized carbons (Fsp3) is 0.294. The van der Waals surface area contributed by atoms with Crippen molar-refractivity contribution >= 4 is 27.7 Å². The number of halogens is 1. The van der Waals surface area contributed by atoms with E-state index in [9.17, 15) is 4.79 Å². The topological polar surface area (TPSA) is 60.5 Å². The molecule has 0 aliphatic rings. The van der Waals surface area contributed by atoms with Crippen LogP contribution in [0, 0.1) is 6.92 Å². The second-order valence-electron chi connectivity index (χ2n) is 4.99. The summed E-state index contributed by atoms with van der Waals surface area (Å²) >= 11 is 3.38. The number of amides is 1. The summed E-state index contributed by atoms with van der Waals surface area (Å²) < 4.78 is 11.6. The SMILES string of the molecule is COc1ccc(OCCCC(=O)Nc2cc(C)c(Br)cn2)cc1. The number of hydrogen-bond acceptors (Lipinski definition) is 4. The number of nitrogens with one attached hydrogen (secondary N) is 1. The smallest absolute Gasteiger partial charge is 0.225 e. The lowest BCUT2D eigenvalue weighted by Gasteiger charge is -2.08. The molecule has 0 aliphatic carbocycles. The van der Waals surface area contributed by atoms with Gasteiger partial charge in [0.1, 0.15) is 17.3 Å². The Morgan fingerprint density at radius 1 is 1.26 bits per heavy atom. The van der Waals surface area contributed by atoms with Gasteiger partial charge in [-0.25, -0.2) is 4.98 Å². The zero-order valence-electron chi connectivity index (χ0n) is 13.1. The Kier molecular flexibility index (Phi) is 6.40. The molecule has 1 aromatic carbocycles. The minimum absolute atomic E-state index is 0.0717. The number of nitrogens with zero attached hydrogens (tertiary/aromatic N) is 1. The molecule has 23 heavy (non-hydrogen) atoms. The van der Waals surface area contributed by atoms with Crippen molar-refractivity contribution in [2.75, 3.05) is 19.0 Å². The average Bonchev–Trinajstić information content (AvgIpc) is 2.55.